The molecule has 1 atom stereocenters. The number of halogens is 2. The Labute approximate surface area is 250 Å². The minimum atomic E-state index is -1.22. The third-order valence-electron chi connectivity index (χ3n) is 7.40. The normalized spacial score (nSPS) is 18.0. The van der Waals surface area contributed by atoms with Crippen LogP contribution in [0.4, 0.5) is 0 Å². The Kier molecular flexibility index (Phi) is 14.2. The Morgan fingerprint density at radius 3 is 2.25 bits per heavy atom. The largest absolute Gasteiger partial charge is 1.00 e. The topological polar surface area (TPSA) is 77.8 Å². The molecule has 0 heterocycles. The maximum Gasteiger partial charge on any atom is 1.00 e. The zero-order chi connectivity index (χ0) is 26.2. The van der Waals surface area contributed by atoms with Gasteiger partial charge >= 0.3 is 35.5 Å². The SMILES string of the molecule is CCCCC1(CCCC)CC(c2ccc(Cl)c(Cl)c2)=C(CCC(O)C/C(O)=C/C(=O)O)C(C)(C)C1.[H-].[Na+]. The summed E-state index contributed by atoms with van der Waals surface area (Å²) in [6.45, 7) is 9.11. The third kappa shape index (κ3) is 9.67. The summed E-state index contributed by atoms with van der Waals surface area (Å²) in [6.07, 6.45) is 10.2. The Hall–Kier alpha value is -0.490. The van der Waals surface area contributed by atoms with Crippen LogP contribution in [0, 0.1) is 10.8 Å². The second-order valence-corrected chi connectivity index (χ2v) is 11.7. The van der Waals surface area contributed by atoms with Crippen molar-refractivity contribution in [1.29, 1.82) is 0 Å². The molecule has 1 aromatic carbocycles. The molecule has 0 saturated heterocycles. The molecular formula is C29H43Cl2NaO4. The number of aliphatic hydroxyl groups excluding tert-OH is 2. The molecule has 0 aliphatic heterocycles. The van der Waals surface area contributed by atoms with Crippen molar-refractivity contribution >= 4 is 34.7 Å². The van der Waals surface area contributed by atoms with E-state index >= 15 is 0 Å². The molecule has 0 fully saturated rings. The fourth-order valence-corrected chi connectivity index (χ4v) is 6.18. The van der Waals surface area contributed by atoms with Crippen LogP contribution in [-0.2, 0) is 4.79 Å². The number of unbranched alkanes of at least 4 members (excludes halogenated alkanes) is 2. The smallest absolute Gasteiger partial charge is 1.00 e. The minimum Gasteiger partial charge on any atom is -1.00 e. The maximum atomic E-state index is 10.8. The molecule has 0 saturated carbocycles. The fourth-order valence-electron chi connectivity index (χ4n) is 5.88. The Balaban J connectivity index is 0.00000648. The van der Waals surface area contributed by atoms with Crippen molar-refractivity contribution in [3.63, 3.8) is 0 Å². The summed E-state index contributed by atoms with van der Waals surface area (Å²) in [5, 5.41) is 30.3. The Morgan fingerprint density at radius 1 is 1.11 bits per heavy atom. The van der Waals surface area contributed by atoms with Crippen molar-refractivity contribution in [3.8, 4) is 0 Å². The number of hydrogen-bond donors (Lipinski definition) is 3. The summed E-state index contributed by atoms with van der Waals surface area (Å²) < 4.78 is 0. The third-order valence-corrected chi connectivity index (χ3v) is 8.14. The molecule has 4 nitrogen and oxygen atoms in total. The molecule has 0 amide bonds. The van der Waals surface area contributed by atoms with E-state index in [1.54, 1.807) is 0 Å². The number of carboxylic acid groups (broad SMARTS) is 1. The number of aliphatic carboxylic acids is 1. The zero-order valence-corrected chi connectivity index (χ0v) is 26.2. The van der Waals surface area contributed by atoms with E-state index in [0.717, 1.165) is 24.5 Å². The van der Waals surface area contributed by atoms with Crippen molar-refractivity contribution in [2.24, 2.45) is 10.8 Å². The Morgan fingerprint density at radius 2 is 1.72 bits per heavy atom. The summed E-state index contributed by atoms with van der Waals surface area (Å²) >= 11 is 12.7. The second kappa shape index (κ2) is 15.2. The summed E-state index contributed by atoms with van der Waals surface area (Å²) in [7, 11) is 0. The molecule has 1 aliphatic rings. The molecule has 3 N–H and O–H groups in total. The summed E-state index contributed by atoms with van der Waals surface area (Å²) in [6, 6.07) is 5.87. The van der Waals surface area contributed by atoms with E-state index in [9.17, 15) is 15.0 Å². The summed E-state index contributed by atoms with van der Waals surface area (Å²) in [5.74, 6) is -1.53. The average molecular weight is 550 g/mol. The van der Waals surface area contributed by atoms with E-state index in [1.165, 1.54) is 49.7 Å². The first-order valence-corrected chi connectivity index (χ1v) is 13.7. The molecule has 0 spiro atoms. The van der Waals surface area contributed by atoms with E-state index in [1.807, 2.05) is 18.2 Å². The molecule has 36 heavy (non-hydrogen) atoms. The number of allylic oxidation sites excluding steroid dienone is 2. The quantitative estimate of drug-likeness (QED) is 0.158. The predicted molar refractivity (Wildman–Crippen MR) is 147 cm³/mol. The number of aliphatic hydroxyl groups is 2. The van der Waals surface area contributed by atoms with Crippen molar-refractivity contribution in [2.45, 2.75) is 104 Å². The molecule has 0 aromatic heterocycles. The predicted octanol–water partition coefficient (Wildman–Crippen LogP) is 6.11. The van der Waals surface area contributed by atoms with E-state index < -0.39 is 12.1 Å². The van der Waals surface area contributed by atoms with Crippen molar-refractivity contribution in [1.82, 2.24) is 0 Å². The number of rotatable bonds is 13. The van der Waals surface area contributed by atoms with Gasteiger partial charge < -0.3 is 16.7 Å². The first kappa shape index (κ1) is 33.5. The summed E-state index contributed by atoms with van der Waals surface area (Å²) in [5.41, 5.74) is 3.84. The van der Waals surface area contributed by atoms with Gasteiger partial charge in [-0.3, -0.25) is 0 Å². The van der Waals surface area contributed by atoms with Crippen molar-refractivity contribution in [2.75, 3.05) is 0 Å². The van der Waals surface area contributed by atoms with Crippen LogP contribution in [0.3, 0.4) is 0 Å². The molecule has 0 bridgehead atoms. The van der Waals surface area contributed by atoms with Crippen molar-refractivity contribution in [3.05, 3.63) is 51.2 Å². The van der Waals surface area contributed by atoms with E-state index in [-0.39, 0.29) is 54.0 Å². The molecule has 1 aromatic rings. The van der Waals surface area contributed by atoms with E-state index in [4.69, 9.17) is 28.3 Å². The number of hydrogen-bond acceptors (Lipinski definition) is 3. The molecule has 7 heteroatoms. The minimum absolute atomic E-state index is 0. The second-order valence-electron chi connectivity index (χ2n) is 10.9. The number of carboxylic acids is 1. The molecule has 1 unspecified atom stereocenters. The average Bonchev–Trinajstić information content (AvgIpc) is 2.76. The van der Waals surface area contributed by atoms with Crippen LogP contribution < -0.4 is 29.6 Å². The molecule has 1 aliphatic carbocycles. The van der Waals surface area contributed by atoms with Gasteiger partial charge in [-0.05, 0) is 72.6 Å². The van der Waals surface area contributed by atoms with Crippen molar-refractivity contribution < 1.29 is 51.1 Å². The number of benzene rings is 1. The van der Waals surface area contributed by atoms with Gasteiger partial charge in [0.2, 0.25) is 0 Å². The molecular weight excluding hydrogens is 506 g/mol. The van der Waals surface area contributed by atoms with Gasteiger partial charge in [-0.15, -0.1) is 0 Å². The van der Waals surface area contributed by atoms with Gasteiger partial charge in [0.25, 0.3) is 0 Å². The van der Waals surface area contributed by atoms with Gasteiger partial charge in [0, 0.05) is 6.42 Å². The molecule has 2 rings (SSSR count). The van der Waals surface area contributed by atoms with Crippen LogP contribution in [0.5, 0.6) is 0 Å². The number of carbonyl (C=O) groups is 1. The standard InChI is InChI=1S/C29H42Cl2O4.Na.H/c1-5-7-13-29(14-8-6-2)18-23(20-9-12-25(30)26(31)15-20)24(28(3,4)19-29)11-10-21(32)16-22(33)17-27(34)35;;/h9,12,15,17,21,32-33H,5-8,10-11,13-14,16,18-19H2,1-4H3,(H,34,35);;/q;+1;-1/b22-17-;;. The van der Waals surface area contributed by atoms with Crippen LogP contribution in [-0.4, -0.2) is 27.4 Å². The van der Waals surface area contributed by atoms with Gasteiger partial charge in [0.1, 0.15) is 5.76 Å². The van der Waals surface area contributed by atoms with Crippen LogP contribution in [0.2, 0.25) is 10.0 Å². The van der Waals surface area contributed by atoms with Gasteiger partial charge in [0.15, 0.2) is 0 Å². The fraction of sp³-hybridized carbons (Fsp3) is 0.621. The van der Waals surface area contributed by atoms with E-state index in [0.29, 0.717) is 22.9 Å². The van der Waals surface area contributed by atoms with Crippen LogP contribution in [0.1, 0.15) is 105 Å². The molecule has 0 radical (unpaired) electrons. The Bertz CT molecular complexity index is 938. The monoisotopic (exact) mass is 548 g/mol. The van der Waals surface area contributed by atoms with E-state index in [2.05, 4.69) is 27.7 Å². The van der Waals surface area contributed by atoms with Crippen LogP contribution in [0.15, 0.2) is 35.6 Å². The van der Waals surface area contributed by atoms with Crippen LogP contribution in [0.25, 0.3) is 5.57 Å². The summed E-state index contributed by atoms with van der Waals surface area (Å²) in [4.78, 5) is 10.8. The first-order chi connectivity index (χ1) is 16.4. The first-order valence-electron chi connectivity index (χ1n) is 12.9. The molecule has 198 valence electrons. The maximum absolute atomic E-state index is 10.8. The van der Waals surface area contributed by atoms with Gasteiger partial charge in [-0.25, -0.2) is 4.79 Å². The zero-order valence-electron chi connectivity index (χ0n) is 23.7. The van der Waals surface area contributed by atoms with Gasteiger partial charge in [0.05, 0.1) is 22.2 Å². The van der Waals surface area contributed by atoms with Crippen LogP contribution >= 0.6 is 23.2 Å². The van der Waals surface area contributed by atoms with Gasteiger partial charge in [-0.1, -0.05) is 88.2 Å². The van der Waals surface area contributed by atoms with Gasteiger partial charge in [-0.2, -0.15) is 0 Å².